The van der Waals surface area contributed by atoms with E-state index in [2.05, 4.69) is 10.1 Å². The van der Waals surface area contributed by atoms with Gasteiger partial charge in [0.2, 0.25) is 5.71 Å². The van der Waals surface area contributed by atoms with Gasteiger partial charge >= 0.3 is 5.97 Å². The lowest BCUT2D eigenvalue weighted by molar-refractivity contribution is -0.129. The highest BCUT2D eigenvalue weighted by Crippen LogP contribution is 2.18. The number of benzene rings is 1. The SMILES string of the molecule is CC(O/N=C(\C(=O)O)c1csc(N)n1)c1ccccc1. The van der Waals surface area contributed by atoms with E-state index in [0.717, 1.165) is 16.9 Å². The monoisotopic (exact) mass is 291 g/mol. The first-order chi connectivity index (χ1) is 9.58. The van der Waals surface area contributed by atoms with Crippen molar-refractivity contribution in [3.05, 3.63) is 47.0 Å². The third kappa shape index (κ3) is 3.33. The van der Waals surface area contributed by atoms with Crippen molar-refractivity contribution in [1.29, 1.82) is 0 Å². The smallest absolute Gasteiger partial charge is 0.360 e. The zero-order valence-electron chi connectivity index (χ0n) is 10.7. The van der Waals surface area contributed by atoms with E-state index in [1.807, 2.05) is 30.3 Å². The van der Waals surface area contributed by atoms with Gasteiger partial charge in [-0.1, -0.05) is 35.5 Å². The van der Waals surface area contributed by atoms with E-state index in [9.17, 15) is 4.79 Å². The van der Waals surface area contributed by atoms with Gasteiger partial charge in [-0.2, -0.15) is 0 Å². The lowest BCUT2D eigenvalue weighted by Crippen LogP contribution is -2.16. The topological polar surface area (TPSA) is 97.8 Å². The molecule has 0 bridgehead atoms. The second kappa shape index (κ2) is 6.16. The van der Waals surface area contributed by atoms with Crippen LogP contribution in [0, 0.1) is 0 Å². The van der Waals surface area contributed by atoms with Crippen LogP contribution < -0.4 is 5.73 Å². The fraction of sp³-hybridized carbons (Fsp3) is 0.154. The maximum atomic E-state index is 11.2. The first-order valence-corrected chi connectivity index (χ1v) is 6.69. The van der Waals surface area contributed by atoms with Gasteiger partial charge in [0.25, 0.3) is 0 Å². The average molecular weight is 291 g/mol. The fourth-order valence-corrected chi connectivity index (χ4v) is 2.06. The van der Waals surface area contributed by atoms with Crippen LogP contribution in [0.15, 0.2) is 40.9 Å². The van der Waals surface area contributed by atoms with Crippen LogP contribution in [-0.4, -0.2) is 21.8 Å². The first-order valence-electron chi connectivity index (χ1n) is 5.81. The molecule has 2 aromatic rings. The number of carboxylic acids is 1. The number of thiazole rings is 1. The number of hydrogen-bond acceptors (Lipinski definition) is 6. The Bertz CT molecular complexity index is 625. The molecular formula is C13H13N3O3S. The number of aliphatic carboxylic acids is 1. The summed E-state index contributed by atoms with van der Waals surface area (Å²) in [4.78, 5) is 20.3. The molecule has 6 nitrogen and oxygen atoms in total. The summed E-state index contributed by atoms with van der Waals surface area (Å²) < 4.78 is 0. The van der Waals surface area contributed by atoms with Gasteiger partial charge in [0.15, 0.2) is 5.13 Å². The van der Waals surface area contributed by atoms with Crippen molar-refractivity contribution in [1.82, 2.24) is 4.98 Å². The maximum Gasteiger partial charge on any atom is 0.360 e. The number of aromatic nitrogens is 1. The van der Waals surface area contributed by atoms with Crippen LogP contribution in [0.25, 0.3) is 0 Å². The molecule has 0 radical (unpaired) electrons. The predicted molar refractivity (Wildman–Crippen MR) is 76.6 cm³/mol. The van der Waals surface area contributed by atoms with Crippen molar-refractivity contribution in [2.24, 2.45) is 5.16 Å². The van der Waals surface area contributed by atoms with Crippen molar-refractivity contribution in [2.45, 2.75) is 13.0 Å². The molecule has 104 valence electrons. The number of anilines is 1. The zero-order valence-corrected chi connectivity index (χ0v) is 11.5. The number of nitrogens with two attached hydrogens (primary N) is 1. The van der Waals surface area contributed by atoms with Gasteiger partial charge in [-0.05, 0) is 12.5 Å². The molecule has 0 aliphatic heterocycles. The van der Waals surface area contributed by atoms with Crippen molar-refractivity contribution < 1.29 is 14.7 Å². The molecule has 1 unspecified atom stereocenters. The van der Waals surface area contributed by atoms with Crippen molar-refractivity contribution in [3.63, 3.8) is 0 Å². The lowest BCUT2D eigenvalue weighted by Gasteiger charge is -2.10. The highest BCUT2D eigenvalue weighted by Gasteiger charge is 2.18. The van der Waals surface area contributed by atoms with Gasteiger partial charge in [-0.25, -0.2) is 9.78 Å². The van der Waals surface area contributed by atoms with E-state index < -0.39 is 5.97 Å². The Morgan fingerprint density at radius 1 is 1.45 bits per heavy atom. The Hall–Kier alpha value is -2.41. The van der Waals surface area contributed by atoms with Crippen molar-refractivity contribution in [3.8, 4) is 0 Å². The molecule has 1 heterocycles. The van der Waals surface area contributed by atoms with Crippen LogP contribution in [0.5, 0.6) is 0 Å². The number of rotatable bonds is 5. The molecule has 0 spiro atoms. The lowest BCUT2D eigenvalue weighted by atomic mass is 10.1. The Morgan fingerprint density at radius 3 is 2.70 bits per heavy atom. The largest absolute Gasteiger partial charge is 0.476 e. The molecule has 1 aromatic heterocycles. The summed E-state index contributed by atoms with van der Waals surface area (Å²) >= 11 is 1.15. The molecule has 0 fully saturated rings. The van der Waals surface area contributed by atoms with Gasteiger partial charge in [0.1, 0.15) is 11.8 Å². The minimum Gasteiger partial charge on any atom is -0.476 e. The standard InChI is InChI=1S/C13H13N3O3S/c1-8(9-5-3-2-4-6-9)19-16-11(12(17)18)10-7-20-13(14)15-10/h2-8H,1H3,(H2,14,15)(H,17,18)/b16-11-. The minimum absolute atomic E-state index is 0.195. The number of nitrogens with zero attached hydrogens (tertiary/aromatic N) is 2. The molecule has 1 atom stereocenters. The van der Waals surface area contributed by atoms with Crippen LogP contribution in [0.4, 0.5) is 5.13 Å². The molecule has 0 saturated heterocycles. The molecule has 7 heteroatoms. The third-order valence-electron chi connectivity index (χ3n) is 2.54. The van der Waals surface area contributed by atoms with Crippen LogP contribution in [-0.2, 0) is 9.63 Å². The minimum atomic E-state index is -1.21. The molecule has 0 aliphatic carbocycles. The molecule has 3 N–H and O–H groups in total. The molecule has 20 heavy (non-hydrogen) atoms. The summed E-state index contributed by atoms with van der Waals surface area (Å²) in [6, 6.07) is 9.39. The van der Waals surface area contributed by atoms with Crippen molar-refractivity contribution >= 4 is 28.1 Å². The van der Waals surface area contributed by atoms with Gasteiger partial charge in [0.05, 0.1) is 0 Å². The Kier molecular flexibility index (Phi) is 4.31. The normalized spacial score (nSPS) is 12.9. The Morgan fingerprint density at radius 2 is 2.15 bits per heavy atom. The van der Waals surface area contributed by atoms with E-state index in [-0.39, 0.29) is 22.6 Å². The molecule has 1 aromatic carbocycles. The van der Waals surface area contributed by atoms with Crippen LogP contribution in [0.3, 0.4) is 0 Å². The second-order valence-corrected chi connectivity index (χ2v) is 4.86. The predicted octanol–water partition coefficient (Wildman–Crippen LogP) is 2.29. The number of oxime groups is 1. The first kappa shape index (κ1) is 14.0. The number of carboxylic acid groups (broad SMARTS) is 1. The molecular weight excluding hydrogens is 278 g/mol. The van der Waals surface area contributed by atoms with E-state index in [4.69, 9.17) is 15.7 Å². The summed E-state index contributed by atoms with van der Waals surface area (Å²) in [7, 11) is 0. The van der Waals surface area contributed by atoms with E-state index in [1.165, 1.54) is 5.38 Å². The Labute approximate surface area is 119 Å². The van der Waals surface area contributed by atoms with E-state index in [1.54, 1.807) is 6.92 Å². The quantitative estimate of drug-likeness (QED) is 0.650. The highest BCUT2D eigenvalue weighted by atomic mass is 32.1. The van der Waals surface area contributed by atoms with Gasteiger partial charge < -0.3 is 15.7 Å². The maximum absolute atomic E-state index is 11.2. The van der Waals surface area contributed by atoms with Gasteiger partial charge in [-0.3, -0.25) is 0 Å². The number of hydrogen-bond donors (Lipinski definition) is 2. The summed E-state index contributed by atoms with van der Waals surface area (Å²) in [5, 5.41) is 14.6. The molecule has 0 aliphatic rings. The summed E-state index contributed by atoms with van der Waals surface area (Å²) in [5.74, 6) is -1.21. The molecule has 0 saturated carbocycles. The fourth-order valence-electron chi connectivity index (χ4n) is 1.51. The second-order valence-electron chi connectivity index (χ2n) is 3.97. The van der Waals surface area contributed by atoms with Gasteiger partial charge in [0, 0.05) is 5.38 Å². The third-order valence-corrected chi connectivity index (χ3v) is 3.21. The van der Waals surface area contributed by atoms with E-state index >= 15 is 0 Å². The van der Waals surface area contributed by atoms with Crippen LogP contribution in [0.1, 0.15) is 24.3 Å². The number of nitrogen functional groups attached to an aromatic ring is 1. The van der Waals surface area contributed by atoms with Gasteiger partial charge in [-0.15, -0.1) is 11.3 Å². The van der Waals surface area contributed by atoms with Crippen LogP contribution in [0.2, 0.25) is 0 Å². The Balaban J connectivity index is 2.17. The summed E-state index contributed by atoms with van der Waals surface area (Å²) in [6.07, 6.45) is -0.360. The average Bonchev–Trinajstić information content (AvgIpc) is 2.86. The van der Waals surface area contributed by atoms with Crippen LogP contribution >= 0.6 is 11.3 Å². The highest BCUT2D eigenvalue weighted by molar-refractivity contribution is 7.13. The molecule has 2 rings (SSSR count). The molecule has 0 amide bonds. The van der Waals surface area contributed by atoms with E-state index in [0.29, 0.717) is 0 Å². The van der Waals surface area contributed by atoms with Crippen molar-refractivity contribution in [2.75, 3.05) is 5.73 Å². The zero-order chi connectivity index (χ0) is 14.5. The number of carbonyl (C=O) groups is 1. The summed E-state index contributed by atoms with van der Waals surface area (Å²) in [6.45, 7) is 1.79. The summed E-state index contributed by atoms with van der Waals surface area (Å²) in [5.41, 5.74) is 6.32.